The molecule has 4 aromatic rings. The highest BCUT2D eigenvalue weighted by atomic mass is 79.9. The Kier molecular flexibility index (Phi) is 7.11. The van der Waals surface area contributed by atoms with E-state index in [0.717, 1.165) is 6.20 Å². The first-order valence-corrected chi connectivity index (χ1v) is 11.9. The molecular weight excluding hydrogens is 550 g/mol. The summed E-state index contributed by atoms with van der Waals surface area (Å²) in [6, 6.07) is 6.79. The second kappa shape index (κ2) is 9.98. The number of halogens is 3. The van der Waals surface area contributed by atoms with E-state index >= 15 is 0 Å². The van der Waals surface area contributed by atoms with E-state index in [-0.39, 0.29) is 29.4 Å². The van der Waals surface area contributed by atoms with Crippen molar-refractivity contribution >= 4 is 15.9 Å². The lowest BCUT2D eigenvalue weighted by Crippen LogP contribution is -2.32. The van der Waals surface area contributed by atoms with Gasteiger partial charge in [0.1, 0.15) is 29.7 Å². The van der Waals surface area contributed by atoms with Crippen molar-refractivity contribution in [1.82, 2.24) is 19.1 Å². The van der Waals surface area contributed by atoms with Gasteiger partial charge in [-0.25, -0.2) is 13.8 Å². The SMILES string of the molecule is Cc1cnc(-n2ccc(Br)c(C(C)(C)O)c2=O)cc1-n1c(C)cc(OCc2ncc(F)cc2F)cc1=O. The number of hydrogen-bond acceptors (Lipinski definition) is 6. The number of rotatable bonds is 6. The van der Waals surface area contributed by atoms with Gasteiger partial charge in [-0.1, -0.05) is 15.9 Å². The Hall–Kier alpha value is -3.70. The average molecular weight is 573 g/mol. The Morgan fingerprint density at radius 1 is 1.08 bits per heavy atom. The molecule has 0 aliphatic heterocycles. The summed E-state index contributed by atoms with van der Waals surface area (Å²) in [7, 11) is 0. The summed E-state index contributed by atoms with van der Waals surface area (Å²) in [5.41, 5.74) is -0.540. The van der Waals surface area contributed by atoms with Crippen LogP contribution < -0.4 is 15.9 Å². The Bertz CT molecular complexity index is 1630. The third-order valence-corrected chi connectivity index (χ3v) is 6.31. The van der Waals surface area contributed by atoms with Crippen LogP contribution in [-0.2, 0) is 12.2 Å². The normalized spacial score (nSPS) is 11.6. The van der Waals surface area contributed by atoms with Crippen molar-refractivity contribution in [2.45, 2.75) is 39.9 Å². The molecule has 0 saturated carbocycles. The van der Waals surface area contributed by atoms with Gasteiger partial charge in [0.2, 0.25) is 0 Å². The molecule has 8 nitrogen and oxygen atoms in total. The average Bonchev–Trinajstić information content (AvgIpc) is 2.79. The zero-order valence-corrected chi connectivity index (χ0v) is 22.0. The summed E-state index contributed by atoms with van der Waals surface area (Å²) in [5.74, 6) is -1.20. The minimum atomic E-state index is -1.40. The molecular formula is C26H23BrF2N4O4. The molecule has 0 spiro atoms. The van der Waals surface area contributed by atoms with Gasteiger partial charge in [0.15, 0.2) is 5.82 Å². The number of ether oxygens (including phenoxy) is 1. The van der Waals surface area contributed by atoms with Crippen LogP contribution in [0.4, 0.5) is 8.78 Å². The highest BCUT2D eigenvalue weighted by Crippen LogP contribution is 2.26. The lowest BCUT2D eigenvalue weighted by atomic mass is 10.0. The number of nitrogens with zero attached hydrogens (tertiary/aromatic N) is 4. The van der Waals surface area contributed by atoms with Crippen molar-refractivity contribution in [2.75, 3.05) is 0 Å². The monoisotopic (exact) mass is 572 g/mol. The molecule has 0 saturated heterocycles. The van der Waals surface area contributed by atoms with Crippen molar-refractivity contribution in [3.05, 3.63) is 108 Å². The van der Waals surface area contributed by atoms with Crippen LogP contribution in [0.5, 0.6) is 5.75 Å². The summed E-state index contributed by atoms with van der Waals surface area (Å²) in [6.45, 7) is 6.21. The van der Waals surface area contributed by atoms with Crippen LogP contribution in [0.15, 0.2) is 63.0 Å². The Labute approximate surface area is 219 Å². The standard InChI is InChI=1S/C26H23BrF2N4O4/c1-14-11-31-22(32-6-5-18(27)24(25(32)35)26(3,4)36)10-21(14)33-15(2)7-17(9-23(33)34)37-13-20-19(29)8-16(28)12-30-20/h5-12,36H,13H2,1-4H3. The predicted octanol–water partition coefficient (Wildman–Crippen LogP) is 4.24. The molecule has 4 rings (SSSR count). The van der Waals surface area contributed by atoms with Crippen LogP contribution >= 0.6 is 15.9 Å². The van der Waals surface area contributed by atoms with E-state index in [1.54, 1.807) is 38.2 Å². The molecule has 0 atom stereocenters. The maximum absolute atomic E-state index is 13.9. The molecule has 4 heterocycles. The third-order valence-electron chi connectivity index (χ3n) is 5.65. The molecule has 0 aliphatic carbocycles. The van der Waals surface area contributed by atoms with Crippen molar-refractivity contribution in [3.8, 4) is 17.3 Å². The molecule has 37 heavy (non-hydrogen) atoms. The third kappa shape index (κ3) is 5.37. The Balaban J connectivity index is 1.72. The van der Waals surface area contributed by atoms with Gasteiger partial charge in [-0.2, -0.15) is 0 Å². The van der Waals surface area contributed by atoms with E-state index in [1.165, 1.54) is 35.2 Å². The first kappa shape index (κ1) is 26.4. The van der Waals surface area contributed by atoms with Crippen LogP contribution in [0, 0.1) is 25.5 Å². The van der Waals surface area contributed by atoms with E-state index in [0.29, 0.717) is 27.5 Å². The molecule has 1 N–H and O–H groups in total. The van der Waals surface area contributed by atoms with Gasteiger partial charge < -0.3 is 9.84 Å². The lowest BCUT2D eigenvalue weighted by Gasteiger charge is -2.20. The molecule has 0 bridgehead atoms. The molecule has 0 aromatic carbocycles. The predicted molar refractivity (Wildman–Crippen MR) is 136 cm³/mol. The Morgan fingerprint density at radius 3 is 2.46 bits per heavy atom. The minimum absolute atomic E-state index is 0.0942. The maximum atomic E-state index is 13.9. The second-order valence-corrected chi connectivity index (χ2v) is 9.83. The van der Waals surface area contributed by atoms with E-state index in [4.69, 9.17) is 4.74 Å². The molecule has 4 aromatic heterocycles. The zero-order chi connectivity index (χ0) is 27.1. The van der Waals surface area contributed by atoms with Gasteiger partial charge in [-0.3, -0.25) is 23.7 Å². The number of aromatic nitrogens is 4. The molecule has 0 fully saturated rings. The van der Waals surface area contributed by atoms with Crippen molar-refractivity contribution in [2.24, 2.45) is 0 Å². The largest absolute Gasteiger partial charge is 0.487 e. The molecule has 0 radical (unpaired) electrons. The molecule has 11 heteroatoms. The minimum Gasteiger partial charge on any atom is -0.487 e. The van der Waals surface area contributed by atoms with Gasteiger partial charge in [-0.05, 0) is 39.3 Å². The quantitative estimate of drug-likeness (QED) is 0.371. The van der Waals surface area contributed by atoms with Crippen LogP contribution in [0.1, 0.15) is 36.4 Å². The van der Waals surface area contributed by atoms with Crippen LogP contribution in [0.2, 0.25) is 0 Å². The number of pyridine rings is 4. The highest BCUT2D eigenvalue weighted by molar-refractivity contribution is 9.10. The molecule has 0 unspecified atom stereocenters. The molecule has 192 valence electrons. The number of hydrogen-bond donors (Lipinski definition) is 1. The van der Waals surface area contributed by atoms with Crippen molar-refractivity contribution < 1.29 is 18.6 Å². The number of aryl methyl sites for hydroxylation is 2. The topological polar surface area (TPSA) is 99.2 Å². The number of aliphatic hydroxyl groups is 1. The fraction of sp³-hybridized carbons (Fsp3) is 0.231. The summed E-state index contributed by atoms with van der Waals surface area (Å²) >= 11 is 3.32. The smallest absolute Gasteiger partial charge is 0.263 e. The zero-order valence-electron chi connectivity index (χ0n) is 20.4. The molecule has 0 amide bonds. The summed E-state index contributed by atoms with van der Waals surface area (Å²) in [4.78, 5) is 34.3. The fourth-order valence-corrected chi connectivity index (χ4v) is 4.66. The van der Waals surface area contributed by atoms with Crippen molar-refractivity contribution in [3.63, 3.8) is 0 Å². The highest BCUT2D eigenvalue weighted by Gasteiger charge is 2.25. The maximum Gasteiger partial charge on any atom is 0.263 e. The lowest BCUT2D eigenvalue weighted by molar-refractivity contribution is 0.0759. The van der Waals surface area contributed by atoms with Gasteiger partial charge in [0.05, 0.1) is 23.0 Å². The van der Waals surface area contributed by atoms with Gasteiger partial charge in [0, 0.05) is 46.8 Å². The Morgan fingerprint density at radius 2 is 1.81 bits per heavy atom. The van der Waals surface area contributed by atoms with Crippen molar-refractivity contribution in [1.29, 1.82) is 0 Å². The van der Waals surface area contributed by atoms with Gasteiger partial charge >= 0.3 is 0 Å². The van der Waals surface area contributed by atoms with Crippen LogP contribution in [0.3, 0.4) is 0 Å². The van der Waals surface area contributed by atoms with E-state index < -0.39 is 28.4 Å². The summed E-state index contributed by atoms with van der Waals surface area (Å²) in [6.07, 6.45) is 3.95. The van der Waals surface area contributed by atoms with E-state index in [9.17, 15) is 23.5 Å². The fourth-order valence-electron chi connectivity index (χ4n) is 3.89. The van der Waals surface area contributed by atoms with Gasteiger partial charge in [0.25, 0.3) is 11.1 Å². The second-order valence-electron chi connectivity index (χ2n) is 8.98. The summed E-state index contributed by atoms with van der Waals surface area (Å²) in [5, 5.41) is 10.5. The van der Waals surface area contributed by atoms with E-state index in [2.05, 4.69) is 25.9 Å². The first-order valence-electron chi connectivity index (χ1n) is 11.1. The van der Waals surface area contributed by atoms with Crippen LogP contribution in [-0.4, -0.2) is 24.2 Å². The molecule has 0 aliphatic rings. The van der Waals surface area contributed by atoms with Crippen LogP contribution in [0.25, 0.3) is 11.5 Å². The van der Waals surface area contributed by atoms with E-state index in [1.807, 2.05) is 0 Å². The first-order chi connectivity index (χ1) is 17.4. The van der Waals surface area contributed by atoms with Gasteiger partial charge in [-0.15, -0.1) is 0 Å². The summed E-state index contributed by atoms with van der Waals surface area (Å²) < 4.78 is 35.7.